The van der Waals surface area contributed by atoms with Crippen LogP contribution < -0.4 is 0 Å². The second kappa shape index (κ2) is 9.63. The van der Waals surface area contributed by atoms with Crippen LogP contribution in [0.4, 0.5) is 4.39 Å². The van der Waals surface area contributed by atoms with Gasteiger partial charge in [0.2, 0.25) is 0 Å². The number of rotatable bonds is 8. The molecule has 2 aromatic rings. The summed E-state index contributed by atoms with van der Waals surface area (Å²) in [6.45, 7) is 7.09. The average Bonchev–Trinajstić information content (AvgIpc) is 3.02. The highest BCUT2D eigenvalue weighted by atomic mass is 19.1. The lowest BCUT2D eigenvalue weighted by Crippen LogP contribution is -2.33. The molecule has 1 aromatic heterocycles. The molecule has 1 N–H and O–H groups in total. The SMILES string of the molecule is CCN(CC)CCCN1C(=O)C(=O)C(=C(O)c2ccncc2)C1c1ccc(F)cc1. The Morgan fingerprint density at radius 1 is 1.10 bits per heavy atom. The molecule has 0 bridgehead atoms. The number of pyridine rings is 1. The van der Waals surface area contributed by atoms with Crippen LogP contribution in [0.1, 0.15) is 37.4 Å². The van der Waals surface area contributed by atoms with Crippen LogP contribution in [0.3, 0.4) is 0 Å². The molecule has 0 radical (unpaired) electrons. The topological polar surface area (TPSA) is 73.7 Å². The maximum Gasteiger partial charge on any atom is 0.295 e. The quantitative estimate of drug-likeness (QED) is 0.410. The fourth-order valence-electron chi connectivity index (χ4n) is 3.77. The van der Waals surface area contributed by atoms with Gasteiger partial charge in [0, 0.05) is 24.5 Å². The molecular weight excluding hydrogens is 385 g/mol. The highest BCUT2D eigenvalue weighted by molar-refractivity contribution is 6.46. The van der Waals surface area contributed by atoms with Crippen molar-refractivity contribution in [3.8, 4) is 0 Å². The molecule has 158 valence electrons. The van der Waals surface area contributed by atoms with Crippen molar-refractivity contribution in [1.82, 2.24) is 14.8 Å². The van der Waals surface area contributed by atoms with Crippen LogP contribution in [-0.2, 0) is 9.59 Å². The van der Waals surface area contributed by atoms with Crippen molar-refractivity contribution in [1.29, 1.82) is 0 Å². The van der Waals surface area contributed by atoms with Crippen molar-refractivity contribution in [3.63, 3.8) is 0 Å². The van der Waals surface area contributed by atoms with Gasteiger partial charge in [0.1, 0.15) is 11.6 Å². The minimum absolute atomic E-state index is 0.0145. The van der Waals surface area contributed by atoms with Gasteiger partial charge in [-0.3, -0.25) is 14.6 Å². The molecule has 1 atom stereocenters. The highest BCUT2D eigenvalue weighted by Crippen LogP contribution is 2.39. The molecule has 0 saturated carbocycles. The van der Waals surface area contributed by atoms with Crippen LogP contribution in [0, 0.1) is 5.82 Å². The van der Waals surface area contributed by atoms with Crippen LogP contribution in [0.2, 0.25) is 0 Å². The summed E-state index contributed by atoms with van der Waals surface area (Å²) in [5.74, 6) is -2.05. The van der Waals surface area contributed by atoms with E-state index in [2.05, 4.69) is 23.7 Å². The van der Waals surface area contributed by atoms with E-state index in [1.807, 2.05) is 0 Å². The Bertz CT molecular complexity index is 924. The van der Waals surface area contributed by atoms with E-state index in [0.717, 1.165) is 19.6 Å². The molecule has 1 fully saturated rings. The Balaban J connectivity index is 2.00. The second-order valence-electron chi connectivity index (χ2n) is 7.16. The third-order valence-electron chi connectivity index (χ3n) is 5.45. The Morgan fingerprint density at radius 2 is 1.73 bits per heavy atom. The maximum absolute atomic E-state index is 13.5. The number of hydrogen-bond donors (Lipinski definition) is 1. The number of aliphatic hydroxyl groups is 1. The molecule has 1 aliphatic rings. The first-order valence-corrected chi connectivity index (χ1v) is 10.1. The summed E-state index contributed by atoms with van der Waals surface area (Å²) in [7, 11) is 0. The summed E-state index contributed by atoms with van der Waals surface area (Å²) in [5.41, 5.74) is 0.993. The van der Waals surface area contributed by atoms with E-state index >= 15 is 0 Å². The molecule has 0 aliphatic carbocycles. The zero-order chi connectivity index (χ0) is 21.7. The summed E-state index contributed by atoms with van der Waals surface area (Å²) < 4.78 is 13.5. The van der Waals surface area contributed by atoms with Crippen LogP contribution in [0.15, 0.2) is 54.4 Å². The molecule has 7 heteroatoms. The van der Waals surface area contributed by atoms with Crippen LogP contribution in [0.25, 0.3) is 5.76 Å². The van der Waals surface area contributed by atoms with E-state index in [1.54, 1.807) is 24.3 Å². The zero-order valence-electron chi connectivity index (χ0n) is 17.2. The van der Waals surface area contributed by atoms with Gasteiger partial charge < -0.3 is 14.9 Å². The van der Waals surface area contributed by atoms with Gasteiger partial charge in [-0.05, 0) is 55.9 Å². The molecule has 3 rings (SSSR count). The molecule has 0 spiro atoms. The Kier molecular flexibility index (Phi) is 6.95. The predicted molar refractivity (Wildman–Crippen MR) is 112 cm³/mol. The largest absolute Gasteiger partial charge is 0.507 e. The van der Waals surface area contributed by atoms with E-state index in [1.165, 1.54) is 29.4 Å². The van der Waals surface area contributed by atoms with Crippen molar-refractivity contribution in [2.45, 2.75) is 26.3 Å². The van der Waals surface area contributed by atoms with Gasteiger partial charge in [0.15, 0.2) is 0 Å². The molecule has 1 aliphatic heterocycles. The smallest absolute Gasteiger partial charge is 0.295 e. The summed E-state index contributed by atoms with van der Waals surface area (Å²) in [6.07, 6.45) is 3.69. The Labute approximate surface area is 175 Å². The van der Waals surface area contributed by atoms with E-state index in [-0.39, 0.29) is 11.3 Å². The number of aliphatic hydroxyl groups excluding tert-OH is 1. The van der Waals surface area contributed by atoms with Crippen LogP contribution >= 0.6 is 0 Å². The molecule has 1 amide bonds. The van der Waals surface area contributed by atoms with Crippen molar-refractivity contribution in [2.24, 2.45) is 0 Å². The third kappa shape index (κ3) is 4.41. The van der Waals surface area contributed by atoms with E-state index in [9.17, 15) is 19.1 Å². The summed E-state index contributed by atoms with van der Waals surface area (Å²) in [4.78, 5) is 33.4. The van der Waals surface area contributed by atoms with Gasteiger partial charge in [-0.25, -0.2) is 4.39 Å². The standard InChI is InChI=1S/C23H26FN3O3/c1-3-26(4-2)14-5-15-27-20(16-6-8-18(24)9-7-16)19(22(29)23(27)30)21(28)17-10-12-25-13-11-17/h6-13,20,28H,3-5,14-15H2,1-2H3. The predicted octanol–water partition coefficient (Wildman–Crippen LogP) is 3.37. The first-order valence-electron chi connectivity index (χ1n) is 10.1. The Hall–Kier alpha value is -3.06. The van der Waals surface area contributed by atoms with Gasteiger partial charge in [-0.2, -0.15) is 0 Å². The minimum Gasteiger partial charge on any atom is -0.507 e. The number of halogens is 1. The Morgan fingerprint density at radius 3 is 2.33 bits per heavy atom. The molecule has 1 aromatic carbocycles. The van der Waals surface area contributed by atoms with Gasteiger partial charge in [0.25, 0.3) is 11.7 Å². The summed E-state index contributed by atoms with van der Waals surface area (Å²) in [6, 6.07) is 8.05. The fourth-order valence-corrected chi connectivity index (χ4v) is 3.77. The monoisotopic (exact) mass is 411 g/mol. The first kappa shape index (κ1) is 21.6. The number of carbonyl (C=O) groups is 2. The zero-order valence-corrected chi connectivity index (χ0v) is 17.2. The number of benzene rings is 1. The van der Waals surface area contributed by atoms with Gasteiger partial charge in [-0.1, -0.05) is 26.0 Å². The number of nitrogens with zero attached hydrogens (tertiary/aromatic N) is 3. The van der Waals surface area contributed by atoms with Gasteiger partial charge in [-0.15, -0.1) is 0 Å². The summed E-state index contributed by atoms with van der Waals surface area (Å²) in [5, 5.41) is 10.9. The van der Waals surface area contributed by atoms with Crippen molar-refractivity contribution < 1.29 is 19.1 Å². The first-order chi connectivity index (χ1) is 14.5. The molecule has 1 unspecified atom stereocenters. The fraction of sp³-hybridized carbons (Fsp3) is 0.348. The average molecular weight is 411 g/mol. The molecule has 1 saturated heterocycles. The number of carbonyl (C=O) groups excluding carboxylic acids is 2. The number of ketones is 1. The number of Topliss-reactive ketones (excluding diaryl/α,β-unsaturated/α-hetero) is 1. The number of amides is 1. The number of aromatic nitrogens is 1. The third-order valence-corrected chi connectivity index (χ3v) is 5.45. The number of likely N-dealkylation sites (tertiary alicyclic amines) is 1. The van der Waals surface area contributed by atoms with E-state index in [4.69, 9.17) is 0 Å². The normalized spacial score (nSPS) is 18.4. The molecule has 2 heterocycles. The van der Waals surface area contributed by atoms with Crippen LogP contribution in [0.5, 0.6) is 0 Å². The lowest BCUT2D eigenvalue weighted by molar-refractivity contribution is -0.140. The molecule has 6 nitrogen and oxygen atoms in total. The van der Waals surface area contributed by atoms with Gasteiger partial charge in [0.05, 0.1) is 11.6 Å². The van der Waals surface area contributed by atoms with Crippen LogP contribution in [-0.4, -0.2) is 57.8 Å². The number of hydrogen-bond acceptors (Lipinski definition) is 5. The van der Waals surface area contributed by atoms with Crippen molar-refractivity contribution >= 4 is 17.4 Å². The molecule has 30 heavy (non-hydrogen) atoms. The van der Waals surface area contributed by atoms with Gasteiger partial charge >= 0.3 is 0 Å². The minimum atomic E-state index is -0.768. The summed E-state index contributed by atoms with van der Waals surface area (Å²) >= 11 is 0. The maximum atomic E-state index is 13.5. The second-order valence-corrected chi connectivity index (χ2v) is 7.16. The highest BCUT2D eigenvalue weighted by Gasteiger charge is 2.45. The lowest BCUT2D eigenvalue weighted by Gasteiger charge is -2.26. The van der Waals surface area contributed by atoms with E-state index in [0.29, 0.717) is 24.1 Å². The van der Waals surface area contributed by atoms with Crippen molar-refractivity contribution in [3.05, 3.63) is 71.3 Å². The van der Waals surface area contributed by atoms with Crippen molar-refractivity contribution in [2.75, 3.05) is 26.2 Å². The molecular formula is C23H26FN3O3. The lowest BCUT2D eigenvalue weighted by atomic mass is 9.95. The van der Waals surface area contributed by atoms with E-state index < -0.39 is 23.5 Å².